The standard InChI is InChI=1S/C16H17BrFN/c1-11-7-15(18)6-5-13(11)10-16(19)9-12-3-2-4-14(17)8-12/h2-8,16H,9-10,19H2,1H3. The second-order valence-corrected chi connectivity index (χ2v) is 5.78. The molecule has 0 bridgehead atoms. The molecular formula is C16H17BrFN. The minimum absolute atomic E-state index is 0.0402. The largest absolute Gasteiger partial charge is 0.327 e. The van der Waals surface area contributed by atoms with Crippen LogP contribution in [0.3, 0.4) is 0 Å². The molecule has 0 heterocycles. The van der Waals surface area contributed by atoms with Gasteiger partial charge in [-0.3, -0.25) is 0 Å². The first-order chi connectivity index (χ1) is 9.04. The monoisotopic (exact) mass is 321 g/mol. The van der Waals surface area contributed by atoms with E-state index in [2.05, 4.69) is 28.1 Å². The number of benzene rings is 2. The molecule has 19 heavy (non-hydrogen) atoms. The average molecular weight is 322 g/mol. The van der Waals surface area contributed by atoms with Gasteiger partial charge in [-0.2, -0.15) is 0 Å². The lowest BCUT2D eigenvalue weighted by Gasteiger charge is -2.14. The lowest BCUT2D eigenvalue weighted by atomic mass is 9.97. The number of rotatable bonds is 4. The van der Waals surface area contributed by atoms with Crippen LogP contribution in [0.2, 0.25) is 0 Å². The third-order valence-corrected chi connectivity index (χ3v) is 3.67. The molecule has 0 aliphatic rings. The summed E-state index contributed by atoms with van der Waals surface area (Å²) in [5, 5.41) is 0. The molecule has 2 N–H and O–H groups in total. The summed E-state index contributed by atoms with van der Waals surface area (Å²) < 4.78 is 14.1. The van der Waals surface area contributed by atoms with Crippen LogP contribution < -0.4 is 5.73 Å². The van der Waals surface area contributed by atoms with E-state index in [0.29, 0.717) is 0 Å². The molecule has 0 fully saturated rings. The van der Waals surface area contributed by atoms with E-state index in [1.165, 1.54) is 11.6 Å². The highest BCUT2D eigenvalue weighted by Crippen LogP contribution is 2.16. The molecular weight excluding hydrogens is 305 g/mol. The smallest absolute Gasteiger partial charge is 0.123 e. The van der Waals surface area contributed by atoms with Crippen molar-refractivity contribution < 1.29 is 4.39 Å². The summed E-state index contributed by atoms with van der Waals surface area (Å²) in [6.07, 6.45) is 1.58. The zero-order chi connectivity index (χ0) is 13.8. The number of hydrogen-bond acceptors (Lipinski definition) is 1. The lowest BCUT2D eigenvalue weighted by Crippen LogP contribution is -2.25. The summed E-state index contributed by atoms with van der Waals surface area (Å²) in [6.45, 7) is 1.92. The van der Waals surface area contributed by atoms with Crippen LogP contribution in [0.4, 0.5) is 4.39 Å². The van der Waals surface area contributed by atoms with Gasteiger partial charge in [0.05, 0.1) is 0 Å². The molecule has 1 nitrogen and oxygen atoms in total. The minimum atomic E-state index is -0.193. The van der Waals surface area contributed by atoms with Crippen LogP contribution >= 0.6 is 15.9 Å². The molecule has 2 rings (SSSR count). The molecule has 3 heteroatoms. The van der Waals surface area contributed by atoms with E-state index in [-0.39, 0.29) is 11.9 Å². The van der Waals surface area contributed by atoms with Gasteiger partial charge in [0.2, 0.25) is 0 Å². The zero-order valence-corrected chi connectivity index (χ0v) is 12.5. The Morgan fingerprint density at radius 2 is 1.95 bits per heavy atom. The molecule has 1 unspecified atom stereocenters. The highest BCUT2D eigenvalue weighted by molar-refractivity contribution is 9.10. The lowest BCUT2D eigenvalue weighted by molar-refractivity contribution is 0.621. The van der Waals surface area contributed by atoms with Gasteiger partial charge in [-0.1, -0.05) is 34.1 Å². The second kappa shape index (κ2) is 6.31. The fraction of sp³-hybridized carbons (Fsp3) is 0.250. The van der Waals surface area contributed by atoms with Crippen molar-refractivity contribution in [2.45, 2.75) is 25.8 Å². The molecule has 0 saturated heterocycles. The van der Waals surface area contributed by atoms with Crippen LogP contribution in [-0.2, 0) is 12.8 Å². The number of hydrogen-bond donors (Lipinski definition) is 1. The van der Waals surface area contributed by atoms with Gasteiger partial charge in [-0.15, -0.1) is 0 Å². The van der Waals surface area contributed by atoms with Gasteiger partial charge in [0.25, 0.3) is 0 Å². The van der Waals surface area contributed by atoms with Gasteiger partial charge in [0.15, 0.2) is 0 Å². The van der Waals surface area contributed by atoms with Gasteiger partial charge in [-0.25, -0.2) is 4.39 Å². The van der Waals surface area contributed by atoms with E-state index < -0.39 is 0 Å². The Bertz CT molecular complexity index is 568. The maximum atomic E-state index is 13.0. The Morgan fingerprint density at radius 1 is 1.16 bits per heavy atom. The molecule has 0 spiro atoms. The van der Waals surface area contributed by atoms with Crippen molar-refractivity contribution in [1.82, 2.24) is 0 Å². The quantitative estimate of drug-likeness (QED) is 0.904. The Kier molecular flexibility index (Phi) is 4.72. The van der Waals surface area contributed by atoms with Crippen molar-refractivity contribution in [3.8, 4) is 0 Å². The number of aryl methyl sites for hydroxylation is 1. The minimum Gasteiger partial charge on any atom is -0.327 e. The Hall–Kier alpha value is -1.19. The summed E-state index contributed by atoms with van der Waals surface area (Å²) in [6, 6.07) is 13.1. The predicted octanol–water partition coefficient (Wildman–Crippen LogP) is 4.01. The molecule has 0 radical (unpaired) electrons. The van der Waals surface area contributed by atoms with E-state index in [0.717, 1.165) is 28.4 Å². The first-order valence-electron chi connectivity index (χ1n) is 6.29. The van der Waals surface area contributed by atoms with E-state index >= 15 is 0 Å². The Balaban J connectivity index is 2.03. The fourth-order valence-corrected chi connectivity index (χ4v) is 2.66. The topological polar surface area (TPSA) is 26.0 Å². The van der Waals surface area contributed by atoms with E-state index in [1.54, 1.807) is 6.07 Å². The molecule has 0 amide bonds. The predicted molar refractivity (Wildman–Crippen MR) is 80.7 cm³/mol. The highest BCUT2D eigenvalue weighted by Gasteiger charge is 2.08. The first-order valence-corrected chi connectivity index (χ1v) is 7.09. The first kappa shape index (κ1) is 14.2. The van der Waals surface area contributed by atoms with Crippen molar-refractivity contribution in [3.63, 3.8) is 0 Å². The molecule has 2 aromatic carbocycles. The van der Waals surface area contributed by atoms with E-state index in [9.17, 15) is 4.39 Å². The third-order valence-electron chi connectivity index (χ3n) is 3.17. The zero-order valence-electron chi connectivity index (χ0n) is 10.9. The van der Waals surface area contributed by atoms with E-state index in [4.69, 9.17) is 5.73 Å². The fourth-order valence-electron chi connectivity index (χ4n) is 2.21. The molecule has 0 saturated carbocycles. The van der Waals surface area contributed by atoms with Crippen molar-refractivity contribution in [1.29, 1.82) is 0 Å². The summed E-state index contributed by atoms with van der Waals surface area (Å²) in [7, 11) is 0. The van der Waals surface area contributed by atoms with Crippen LogP contribution in [0.25, 0.3) is 0 Å². The Morgan fingerprint density at radius 3 is 2.63 bits per heavy atom. The van der Waals surface area contributed by atoms with Crippen LogP contribution in [0.1, 0.15) is 16.7 Å². The molecule has 100 valence electrons. The van der Waals surface area contributed by atoms with E-state index in [1.807, 2.05) is 25.1 Å². The SMILES string of the molecule is Cc1cc(F)ccc1CC(N)Cc1cccc(Br)c1. The van der Waals surface area contributed by atoms with Gasteiger partial charge in [0.1, 0.15) is 5.82 Å². The maximum absolute atomic E-state index is 13.0. The van der Waals surface area contributed by atoms with Gasteiger partial charge in [0, 0.05) is 10.5 Å². The molecule has 2 aromatic rings. The molecule has 0 aliphatic heterocycles. The van der Waals surface area contributed by atoms with Crippen LogP contribution in [0.5, 0.6) is 0 Å². The summed E-state index contributed by atoms with van der Waals surface area (Å²) in [4.78, 5) is 0. The summed E-state index contributed by atoms with van der Waals surface area (Å²) >= 11 is 3.46. The maximum Gasteiger partial charge on any atom is 0.123 e. The normalized spacial score (nSPS) is 12.4. The van der Waals surface area contributed by atoms with Gasteiger partial charge in [-0.05, 0) is 60.7 Å². The Labute approximate surface area is 121 Å². The summed E-state index contributed by atoms with van der Waals surface area (Å²) in [5.74, 6) is -0.193. The van der Waals surface area contributed by atoms with Crippen LogP contribution in [0.15, 0.2) is 46.9 Å². The van der Waals surface area contributed by atoms with Crippen molar-refractivity contribution >= 4 is 15.9 Å². The molecule has 0 aromatic heterocycles. The van der Waals surface area contributed by atoms with Gasteiger partial charge < -0.3 is 5.73 Å². The van der Waals surface area contributed by atoms with Crippen molar-refractivity contribution in [2.24, 2.45) is 5.73 Å². The molecule has 1 atom stereocenters. The average Bonchev–Trinajstić information content (AvgIpc) is 2.33. The third kappa shape index (κ3) is 4.15. The number of nitrogens with two attached hydrogens (primary N) is 1. The molecule has 0 aliphatic carbocycles. The summed E-state index contributed by atoms with van der Waals surface area (Å²) in [5.41, 5.74) is 9.47. The second-order valence-electron chi connectivity index (χ2n) is 4.87. The van der Waals surface area contributed by atoms with Crippen LogP contribution in [-0.4, -0.2) is 6.04 Å². The highest BCUT2D eigenvalue weighted by atomic mass is 79.9. The van der Waals surface area contributed by atoms with Crippen molar-refractivity contribution in [3.05, 3.63) is 69.4 Å². The van der Waals surface area contributed by atoms with Crippen LogP contribution in [0, 0.1) is 12.7 Å². The van der Waals surface area contributed by atoms with Gasteiger partial charge >= 0.3 is 0 Å². The number of halogens is 2. The van der Waals surface area contributed by atoms with Crippen molar-refractivity contribution in [2.75, 3.05) is 0 Å².